The molecule has 28 heavy (non-hydrogen) atoms. The number of carbonyl (C=O) groups is 1. The summed E-state index contributed by atoms with van der Waals surface area (Å²) in [6.07, 6.45) is 0. The van der Waals surface area contributed by atoms with Crippen LogP contribution in [0.2, 0.25) is 0 Å². The van der Waals surface area contributed by atoms with Crippen LogP contribution in [0.1, 0.15) is 27.3 Å². The van der Waals surface area contributed by atoms with Crippen molar-refractivity contribution in [2.75, 3.05) is 21.3 Å². The molecular weight excluding hydrogens is 352 g/mol. The van der Waals surface area contributed by atoms with E-state index < -0.39 is 0 Å². The number of hydrogen-bond acceptors (Lipinski definition) is 3. The van der Waals surface area contributed by atoms with E-state index in [-0.39, 0.29) is 5.91 Å². The number of carbonyl (C=O) groups excluding carboxylic acids is 1. The third-order valence-corrected chi connectivity index (χ3v) is 4.89. The first kappa shape index (κ1) is 19.5. The number of aromatic nitrogens is 1. The van der Waals surface area contributed by atoms with Gasteiger partial charge in [0.1, 0.15) is 11.5 Å². The van der Waals surface area contributed by atoms with Gasteiger partial charge in [-0.25, -0.2) is 0 Å². The normalized spacial score (nSPS) is 10.6. The Morgan fingerprint density at radius 1 is 0.964 bits per heavy atom. The minimum Gasteiger partial charge on any atom is -0.497 e. The van der Waals surface area contributed by atoms with Crippen molar-refractivity contribution in [2.24, 2.45) is 0 Å². The highest BCUT2D eigenvalue weighted by atomic mass is 16.5. The Kier molecular flexibility index (Phi) is 5.73. The van der Waals surface area contributed by atoms with E-state index in [0.717, 1.165) is 34.1 Å². The van der Waals surface area contributed by atoms with Gasteiger partial charge < -0.3 is 18.9 Å². The zero-order valence-corrected chi connectivity index (χ0v) is 17.0. The molecule has 3 aromatic rings. The molecule has 3 rings (SSSR count). The van der Waals surface area contributed by atoms with Crippen LogP contribution in [0.3, 0.4) is 0 Å². The third kappa shape index (κ3) is 3.88. The van der Waals surface area contributed by atoms with E-state index in [9.17, 15) is 4.79 Å². The Labute approximate surface area is 166 Å². The predicted octanol–water partition coefficient (Wildman–Crippen LogP) is 4.38. The molecule has 0 atom stereocenters. The summed E-state index contributed by atoms with van der Waals surface area (Å²) < 4.78 is 12.6. The molecule has 0 aliphatic rings. The van der Waals surface area contributed by atoms with Gasteiger partial charge in [0, 0.05) is 30.7 Å². The van der Waals surface area contributed by atoms with Gasteiger partial charge in [0.25, 0.3) is 5.91 Å². The molecule has 2 aromatic carbocycles. The Morgan fingerprint density at radius 3 is 2.29 bits per heavy atom. The number of benzene rings is 2. The molecule has 0 aliphatic heterocycles. The number of ether oxygens (including phenoxy) is 2. The molecule has 0 N–H and O–H groups in total. The van der Waals surface area contributed by atoms with Crippen molar-refractivity contribution >= 4 is 5.91 Å². The first-order chi connectivity index (χ1) is 13.4. The van der Waals surface area contributed by atoms with Gasteiger partial charge in [-0.05, 0) is 61.9 Å². The molecule has 146 valence electrons. The van der Waals surface area contributed by atoms with Gasteiger partial charge >= 0.3 is 0 Å². The molecule has 0 unspecified atom stereocenters. The maximum Gasteiger partial charge on any atom is 0.255 e. The van der Waals surface area contributed by atoms with E-state index in [1.807, 2.05) is 75.5 Å². The lowest BCUT2D eigenvalue weighted by molar-refractivity contribution is 0.0784. The molecule has 1 amide bonds. The molecule has 0 saturated carbocycles. The number of rotatable bonds is 6. The summed E-state index contributed by atoms with van der Waals surface area (Å²) in [5.74, 6) is 1.59. The highest BCUT2D eigenvalue weighted by molar-refractivity contribution is 5.95. The zero-order chi connectivity index (χ0) is 20.3. The van der Waals surface area contributed by atoms with Crippen molar-refractivity contribution < 1.29 is 14.3 Å². The molecule has 1 heterocycles. The second kappa shape index (κ2) is 8.21. The molecule has 0 spiro atoms. The van der Waals surface area contributed by atoms with Gasteiger partial charge in [-0.2, -0.15) is 0 Å². The fourth-order valence-electron chi connectivity index (χ4n) is 3.43. The van der Waals surface area contributed by atoms with Gasteiger partial charge in [0.05, 0.1) is 19.8 Å². The molecule has 1 aromatic heterocycles. The number of methoxy groups -OCH3 is 2. The standard InChI is InChI=1S/C23H26N2O3/c1-16-13-22(17(2)25(16)19-9-11-20(27-4)12-10-19)23(26)24(3)15-18-7-6-8-21(14-18)28-5/h6-14H,15H2,1-5H3. The summed E-state index contributed by atoms with van der Waals surface area (Å²) in [4.78, 5) is 14.8. The van der Waals surface area contributed by atoms with E-state index in [1.54, 1.807) is 19.1 Å². The van der Waals surface area contributed by atoms with E-state index in [2.05, 4.69) is 4.57 Å². The summed E-state index contributed by atoms with van der Waals surface area (Å²) in [6.45, 7) is 4.50. The lowest BCUT2D eigenvalue weighted by Gasteiger charge is -2.18. The molecular formula is C23H26N2O3. The van der Waals surface area contributed by atoms with Crippen molar-refractivity contribution in [3.05, 3.63) is 77.1 Å². The molecule has 0 fully saturated rings. The molecule has 5 nitrogen and oxygen atoms in total. The zero-order valence-electron chi connectivity index (χ0n) is 17.0. The van der Waals surface area contributed by atoms with Gasteiger partial charge in [-0.3, -0.25) is 4.79 Å². The van der Waals surface area contributed by atoms with Crippen LogP contribution < -0.4 is 9.47 Å². The quantitative estimate of drug-likeness (QED) is 0.639. The van der Waals surface area contributed by atoms with E-state index >= 15 is 0 Å². The Balaban J connectivity index is 1.85. The topological polar surface area (TPSA) is 43.7 Å². The van der Waals surface area contributed by atoms with Gasteiger partial charge in [-0.15, -0.1) is 0 Å². The van der Waals surface area contributed by atoms with Crippen molar-refractivity contribution in [1.29, 1.82) is 0 Å². The number of aryl methyl sites for hydroxylation is 1. The van der Waals surface area contributed by atoms with Gasteiger partial charge in [-0.1, -0.05) is 12.1 Å². The van der Waals surface area contributed by atoms with Crippen LogP contribution in [0.4, 0.5) is 0 Å². The van der Waals surface area contributed by atoms with Gasteiger partial charge in [0.15, 0.2) is 0 Å². The minimum absolute atomic E-state index is 0.00400. The Bertz CT molecular complexity index is 974. The summed E-state index contributed by atoms with van der Waals surface area (Å²) in [6, 6.07) is 17.5. The molecule has 0 saturated heterocycles. The monoisotopic (exact) mass is 378 g/mol. The van der Waals surface area contributed by atoms with Crippen molar-refractivity contribution in [1.82, 2.24) is 9.47 Å². The first-order valence-electron chi connectivity index (χ1n) is 9.16. The van der Waals surface area contributed by atoms with Crippen LogP contribution in [-0.2, 0) is 6.54 Å². The molecule has 0 bridgehead atoms. The lowest BCUT2D eigenvalue weighted by Crippen LogP contribution is -2.26. The van der Waals surface area contributed by atoms with Crippen LogP contribution in [0, 0.1) is 13.8 Å². The van der Waals surface area contributed by atoms with Crippen molar-refractivity contribution in [3.63, 3.8) is 0 Å². The Morgan fingerprint density at radius 2 is 1.64 bits per heavy atom. The lowest BCUT2D eigenvalue weighted by atomic mass is 10.1. The average molecular weight is 378 g/mol. The summed E-state index contributed by atoms with van der Waals surface area (Å²) >= 11 is 0. The van der Waals surface area contributed by atoms with Crippen molar-refractivity contribution in [2.45, 2.75) is 20.4 Å². The maximum atomic E-state index is 13.1. The Hall–Kier alpha value is -3.21. The van der Waals surface area contributed by atoms with Crippen LogP contribution in [0.5, 0.6) is 11.5 Å². The predicted molar refractivity (Wildman–Crippen MR) is 111 cm³/mol. The molecule has 0 aliphatic carbocycles. The number of nitrogens with zero attached hydrogens (tertiary/aromatic N) is 2. The van der Waals surface area contributed by atoms with Crippen molar-refractivity contribution in [3.8, 4) is 17.2 Å². The fourth-order valence-corrected chi connectivity index (χ4v) is 3.43. The van der Waals surface area contributed by atoms with Crippen LogP contribution in [0.25, 0.3) is 5.69 Å². The highest BCUT2D eigenvalue weighted by Gasteiger charge is 2.20. The minimum atomic E-state index is -0.00400. The second-order valence-electron chi connectivity index (χ2n) is 6.83. The fraction of sp³-hybridized carbons (Fsp3) is 0.261. The smallest absolute Gasteiger partial charge is 0.255 e. The SMILES string of the molecule is COc1ccc(-n2c(C)cc(C(=O)N(C)Cc3cccc(OC)c3)c2C)cc1. The number of amides is 1. The van der Waals surface area contributed by atoms with Crippen LogP contribution >= 0.6 is 0 Å². The van der Waals surface area contributed by atoms with Gasteiger partial charge in [0.2, 0.25) is 0 Å². The summed E-state index contributed by atoms with van der Waals surface area (Å²) in [5, 5.41) is 0. The second-order valence-corrected chi connectivity index (χ2v) is 6.83. The molecule has 5 heteroatoms. The van der Waals surface area contributed by atoms with E-state index in [1.165, 1.54) is 0 Å². The number of hydrogen-bond donors (Lipinski definition) is 0. The largest absolute Gasteiger partial charge is 0.497 e. The third-order valence-electron chi connectivity index (χ3n) is 4.89. The van der Waals surface area contributed by atoms with E-state index in [4.69, 9.17) is 9.47 Å². The summed E-state index contributed by atoms with van der Waals surface area (Å²) in [5.41, 5.74) is 4.68. The maximum absolute atomic E-state index is 13.1. The van der Waals surface area contributed by atoms with Crippen LogP contribution in [0.15, 0.2) is 54.6 Å². The van der Waals surface area contributed by atoms with Crippen LogP contribution in [-0.4, -0.2) is 36.6 Å². The average Bonchev–Trinajstić information content (AvgIpc) is 3.01. The van der Waals surface area contributed by atoms with E-state index in [0.29, 0.717) is 12.1 Å². The molecule has 0 radical (unpaired) electrons. The first-order valence-corrected chi connectivity index (χ1v) is 9.16. The highest BCUT2D eigenvalue weighted by Crippen LogP contribution is 2.24. The summed E-state index contributed by atoms with van der Waals surface area (Å²) in [7, 11) is 5.11.